The average molecular weight is 213 g/mol. The molecule has 0 spiro atoms. The number of aliphatic hydroxyl groups excluding tert-OH is 1. The molecule has 1 atom stereocenters. The van der Waals surface area contributed by atoms with Crippen molar-refractivity contribution in [3.63, 3.8) is 0 Å². The van der Waals surface area contributed by atoms with Crippen molar-refractivity contribution in [2.24, 2.45) is 11.3 Å². The summed E-state index contributed by atoms with van der Waals surface area (Å²) in [5.41, 5.74) is 0.0179. The van der Waals surface area contributed by atoms with Crippen LogP contribution in [0.4, 0.5) is 0 Å². The summed E-state index contributed by atoms with van der Waals surface area (Å²) in [6, 6.07) is 0. The van der Waals surface area contributed by atoms with Crippen molar-refractivity contribution in [2.75, 3.05) is 19.6 Å². The molecule has 1 aliphatic carbocycles. The van der Waals surface area contributed by atoms with Gasteiger partial charge in [-0.2, -0.15) is 0 Å². The molecule has 0 aliphatic heterocycles. The van der Waals surface area contributed by atoms with Crippen LogP contribution in [0.5, 0.6) is 0 Å². The lowest BCUT2D eigenvalue weighted by molar-refractivity contribution is 0.0332. The van der Waals surface area contributed by atoms with Gasteiger partial charge in [-0.1, -0.05) is 20.8 Å². The maximum Gasteiger partial charge on any atom is 0.0575 e. The van der Waals surface area contributed by atoms with Crippen LogP contribution in [-0.4, -0.2) is 35.7 Å². The van der Waals surface area contributed by atoms with Gasteiger partial charge in [0, 0.05) is 18.5 Å². The summed E-state index contributed by atoms with van der Waals surface area (Å²) in [6.07, 6.45) is 3.81. The van der Waals surface area contributed by atoms with E-state index in [0.29, 0.717) is 0 Å². The first kappa shape index (κ1) is 13.0. The molecule has 0 bridgehead atoms. The standard InChI is InChI=1S/C13H27NO/c1-5-8-14(9-12-6-7-12)10-13(3,4)11(2)15/h11-12,15H,5-10H2,1-4H3. The molecule has 0 aromatic carbocycles. The maximum atomic E-state index is 9.72. The molecular weight excluding hydrogens is 186 g/mol. The smallest absolute Gasteiger partial charge is 0.0575 e. The van der Waals surface area contributed by atoms with Crippen LogP contribution < -0.4 is 0 Å². The quantitative estimate of drug-likeness (QED) is 0.702. The van der Waals surface area contributed by atoms with Gasteiger partial charge in [-0.25, -0.2) is 0 Å². The van der Waals surface area contributed by atoms with E-state index in [1.54, 1.807) is 0 Å². The Labute approximate surface area is 94.7 Å². The Morgan fingerprint density at radius 3 is 2.40 bits per heavy atom. The van der Waals surface area contributed by atoms with E-state index in [0.717, 1.165) is 12.5 Å². The van der Waals surface area contributed by atoms with E-state index in [2.05, 4.69) is 25.7 Å². The Bertz CT molecular complexity index is 185. The third kappa shape index (κ3) is 4.52. The summed E-state index contributed by atoms with van der Waals surface area (Å²) in [7, 11) is 0. The van der Waals surface area contributed by atoms with E-state index < -0.39 is 0 Å². The minimum atomic E-state index is -0.226. The van der Waals surface area contributed by atoms with Crippen LogP contribution in [0.25, 0.3) is 0 Å². The SMILES string of the molecule is CCCN(CC1CC1)CC(C)(C)C(C)O. The minimum Gasteiger partial charge on any atom is -0.393 e. The number of hydrogen-bond acceptors (Lipinski definition) is 2. The van der Waals surface area contributed by atoms with Gasteiger partial charge in [0.25, 0.3) is 0 Å². The molecule has 2 heteroatoms. The van der Waals surface area contributed by atoms with Crippen LogP contribution in [0, 0.1) is 11.3 Å². The second kappa shape index (κ2) is 5.31. The first-order valence-electron chi connectivity index (χ1n) is 6.36. The normalized spacial score (nSPS) is 19.6. The molecule has 0 heterocycles. The van der Waals surface area contributed by atoms with Crippen LogP contribution in [-0.2, 0) is 0 Å². The predicted molar refractivity (Wildman–Crippen MR) is 64.9 cm³/mol. The molecule has 0 radical (unpaired) electrons. The van der Waals surface area contributed by atoms with Gasteiger partial charge < -0.3 is 10.0 Å². The van der Waals surface area contributed by atoms with E-state index >= 15 is 0 Å². The predicted octanol–water partition coefficient (Wildman–Crippen LogP) is 2.52. The molecule has 15 heavy (non-hydrogen) atoms. The minimum absolute atomic E-state index is 0.0179. The Morgan fingerprint density at radius 2 is 2.00 bits per heavy atom. The van der Waals surface area contributed by atoms with Gasteiger partial charge in [-0.15, -0.1) is 0 Å². The Hall–Kier alpha value is -0.0800. The lowest BCUT2D eigenvalue weighted by atomic mass is 9.87. The van der Waals surface area contributed by atoms with Gasteiger partial charge in [0.2, 0.25) is 0 Å². The van der Waals surface area contributed by atoms with Crippen molar-refractivity contribution < 1.29 is 5.11 Å². The summed E-state index contributed by atoms with van der Waals surface area (Å²) in [4.78, 5) is 2.53. The molecular formula is C13H27NO. The van der Waals surface area contributed by atoms with Gasteiger partial charge in [0.1, 0.15) is 0 Å². The zero-order chi connectivity index (χ0) is 11.5. The first-order chi connectivity index (χ1) is 6.95. The van der Waals surface area contributed by atoms with Crippen molar-refractivity contribution in [2.45, 2.75) is 53.1 Å². The van der Waals surface area contributed by atoms with Gasteiger partial charge >= 0.3 is 0 Å². The van der Waals surface area contributed by atoms with E-state index in [1.165, 1.54) is 32.4 Å². The van der Waals surface area contributed by atoms with Crippen molar-refractivity contribution in [1.29, 1.82) is 0 Å². The Kier molecular flexibility index (Phi) is 4.60. The third-order valence-electron chi connectivity index (χ3n) is 3.52. The molecule has 1 unspecified atom stereocenters. The van der Waals surface area contributed by atoms with Crippen molar-refractivity contribution >= 4 is 0 Å². The molecule has 90 valence electrons. The van der Waals surface area contributed by atoms with Crippen LogP contribution in [0.15, 0.2) is 0 Å². The second-order valence-electron chi connectivity index (χ2n) is 5.84. The molecule has 0 aromatic rings. The van der Waals surface area contributed by atoms with Gasteiger partial charge in [-0.05, 0) is 38.6 Å². The van der Waals surface area contributed by atoms with Gasteiger partial charge in [0.05, 0.1) is 6.10 Å². The maximum absolute atomic E-state index is 9.72. The number of rotatable bonds is 7. The van der Waals surface area contributed by atoms with Crippen molar-refractivity contribution in [1.82, 2.24) is 4.90 Å². The number of nitrogens with zero attached hydrogens (tertiary/aromatic N) is 1. The first-order valence-corrected chi connectivity index (χ1v) is 6.36. The van der Waals surface area contributed by atoms with E-state index in [1.807, 2.05) is 6.92 Å². The van der Waals surface area contributed by atoms with Crippen molar-refractivity contribution in [3.8, 4) is 0 Å². The van der Waals surface area contributed by atoms with Crippen LogP contribution in [0.1, 0.15) is 47.0 Å². The summed E-state index contributed by atoms with van der Waals surface area (Å²) >= 11 is 0. The zero-order valence-corrected chi connectivity index (χ0v) is 10.8. The highest BCUT2D eigenvalue weighted by Crippen LogP contribution is 2.31. The van der Waals surface area contributed by atoms with E-state index in [9.17, 15) is 5.11 Å². The molecule has 0 aromatic heterocycles. The molecule has 0 amide bonds. The van der Waals surface area contributed by atoms with E-state index in [4.69, 9.17) is 0 Å². The molecule has 0 saturated heterocycles. The monoisotopic (exact) mass is 213 g/mol. The zero-order valence-electron chi connectivity index (χ0n) is 10.8. The van der Waals surface area contributed by atoms with Crippen LogP contribution in [0.3, 0.4) is 0 Å². The Morgan fingerprint density at radius 1 is 1.40 bits per heavy atom. The number of hydrogen-bond donors (Lipinski definition) is 1. The van der Waals surface area contributed by atoms with Crippen LogP contribution >= 0.6 is 0 Å². The molecule has 1 rings (SSSR count). The molecule has 1 saturated carbocycles. The molecule has 1 aliphatic rings. The summed E-state index contributed by atoms with van der Waals surface area (Å²) < 4.78 is 0. The summed E-state index contributed by atoms with van der Waals surface area (Å²) in [5.74, 6) is 0.946. The Balaban J connectivity index is 2.40. The average Bonchev–Trinajstić information content (AvgIpc) is 2.87. The molecule has 1 N–H and O–H groups in total. The highest BCUT2D eigenvalue weighted by molar-refractivity contribution is 4.83. The fourth-order valence-electron chi connectivity index (χ4n) is 1.93. The van der Waals surface area contributed by atoms with Crippen LogP contribution in [0.2, 0.25) is 0 Å². The fraction of sp³-hybridized carbons (Fsp3) is 1.00. The molecule has 2 nitrogen and oxygen atoms in total. The summed E-state index contributed by atoms with van der Waals surface area (Å²) in [5, 5.41) is 9.72. The lowest BCUT2D eigenvalue weighted by Crippen LogP contribution is -2.41. The largest absolute Gasteiger partial charge is 0.393 e. The van der Waals surface area contributed by atoms with Crippen molar-refractivity contribution in [3.05, 3.63) is 0 Å². The van der Waals surface area contributed by atoms with Gasteiger partial charge in [0.15, 0.2) is 0 Å². The highest BCUT2D eigenvalue weighted by Gasteiger charge is 2.30. The topological polar surface area (TPSA) is 23.5 Å². The second-order valence-corrected chi connectivity index (χ2v) is 5.84. The van der Waals surface area contributed by atoms with E-state index in [-0.39, 0.29) is 11.5 Å². The summed E-state index contributed by atoms with van der Waals surface area (Å²) in [6.45, 7) is 11.9. The number of aliphatic hydroxyl groups is 1. The van der Waals surface area contributed by atoms with Gasteiger partial charge in [-0.3, -0.25) is 0 Å². The third-order valence-corrected chi connectivity index (χ3v) is 3.52. The molecule has 1 fully saturated rings. The lowest BCUT2D eigenvalue weighted by Gasteiger charge is -2.34. The highest BCUT2D eigenvalue weighted by atomic mass is 16.3. The fourth-order valence-corrected chi connectivity index (χ4v) is 1.93.